The van der Waals surface area contributed by atoms with E-state index < -0.39 is 49.3 Å². The molecule has 1 amide bonds. The fourth-order valence-corrected chi connectivity index (χ4v) is 2.64. The quantitative estimate of drug-likeness (QED) is 0.287. The summed E-state index contributed by atoms with van der Waals surface area (Å²) >= 11 is 5.69. The maximum absolute atomic E-state index is 13.3. The van der Waals surface area contributed by atoms with Gasteiger partial charge in [-0.2, -0.15) is 0 Å². The SMILES string of the molecule is CCCN(CCl)C(=O)O[C@H]1C[C@@H](OC(C)=O)[C@H](OC(C)=O)[C@@H](CF)O1. The normalized spacial score (nSPS) is 25.8. The zero-order valence-electron chi connectivity index (χ0n) is 14.4. The summed E-state index contributed by atoms with van der Waals surface area (Å²) in [6, 6.07) is -0.0740. The molecule has 25 heavy (non-hydrogen) atoms. The van der Waals surface area contributed by atoms with Crippen molar-refractivity contribution < 1.29 is 37.7 Å². The molecular weight excluding hydrogens is 361 g/mol. The number of hydrogen-bond acceptors (Lipinski definition) is 7. The molecule has 1 rings (SSSR count). The molecule has 8 nitrogen and oxygen atoms in total. The van der Waals surface area contributed by atoms with E-state index in [1.807, 2.05) is 6.92 Å². The molecule has 0 saturated carbocycles. The maximum Gasteiger partial charge on any atom is 0.413 e. The number of esters is 2. The minimum atomic E-state index is -1.23. The highest BCUT2D eigenvalue weighted by molar-refractivity contribution is 6.18. The van der Waals surface area contributed by atoms with E-state index in [-0.39, 0.29) is 12.4 Å². The number of rotatable bonds is 7. The first-order chi connectivity index (χ1) is 11.8. The predicted molar refractivity (Wildman–Crippen MR) is 84.6 cm³/mol. The Morgan fingerprint density at radius 3 is 2.32 bits per heavy atom. The summed E-state index contributed by atoms with van der Waals surface area (Å²) in [6.07, 6.45) is -4.66. The molecule has 10 heteroatoms. The Hall–Kier alpha value is -1.61. The molecule has 0 unspecified atom stereocenters. The van der Waals surface area contributed by atoms with Crippen LogP contribution in [0.1, 0.15) is 33.6 Å². The summed E-state index contributed by atoms with van der Waals surface area (Å²) < 4.78 is 33.9. The van der Waals surface area contributed by atoms with Gasteiger partial charge in [-0.15, -0.1) is 11.6 Å². The van der Waals surface area contributed by atoms with Crippen molar-refractivity contribution in [3.05, 3.63) is 0 Å². The summed E-state index contributed by atoms with van der Waals surface area (Å²) in [5.41, 5.74) is 0. The Morgan fingerprint density at radius 1 is 1.20 bits per heavy atom. The summed E-state index contributed by atoms with van der Waals surface area (Å²) in [5, 5.41) is 0. The van der Waals surface area contributed by atoms with Crippen LogP contribution >= 0.6 is 11.6 Å². The van der Waals surface area contributed by atoms with Crippen molar-refractivity contribution >= 4 is 29.6 Å². The van der Waals surface area contributed by atoms with Gasteiger partial charge in [-0.05, 0) is 6.42 Å². The van der Waals surface area contributed by atoms with Gasteiger partial charge in [0.2, 0.25) is 6.29 Å². The van der Waals surface area contributed by atoms with Crippen molar-refractivity contribution in [2.24, 2.45) is 0 Å². The number of carbonyl (C=O) groups excluding carboxylic acids is 3. The zero-order valence-corrected chi connectivity index (χ0v) is 15.2. The fraction of sp³-hybridized carbons (Fsp3) is 0.800. The number of hydrogen-bond donors (Lipinski definition) is 0. The van der Waals surface area contributed by atoms with Crippen LogP contribution in [0.4, 0.5) is 9.18 Å². The third kappa shape index (κ3) is 6.66. The molecule has 0 aromatic heterocycles. The molecule has 1 heterocycles. The first-order valence-corrected chi connectivity index (χ1v) is 8.43. The van der Waals surface area contributed by atoms with Gasteiger partial charge in [0.15, 0.2) is 6.10 Å². The maximum atomic E-state index is 13.3. The number of halogens is 2. The minimum absolute atomic E-state index is 0.0740. The van der Waals surface area contributed by atoms with Crippen molar-refractivity contribution in [3.8, 4) is 0 Å². The van der Waals surface area contributed by atoms with E-state index in [9.17, 15) is 18.8 Å². The van der Waals surface area contributed by atoms with Crippen molar-refractivity contribution in [2.45, 2.75) is 58.2 Å². The molecule has 1 saturated heterocycles. The van der Waals surface area contributed by atoms with E-state index in [1.165, 1.54) is 11.8 Å². The Morgan fingerprint density at radius 2 is 1.84 bits per heavy atom. The molecule has 1 fully saturated rings. The Balaban J connectivity index is 2.85. The van der Waals surface area contributed by atoms with Gasteiger partial charge in [-0.1, -0.05) is 6.92 Å². The highest BCUT2D eigenvalue weighted by Crippen LogP contribution is 2.27. The molecule has 0 aromatic rings. The summed E-state index contributed by atoms with van der Waals surface area (Å²) in [6.45, 7) is 3.55. The van der Waals surface area contributed by atoms with E-state index in [1.54, 1.807) is 0 Å². The lowest BCUT2D eigenvalue weighted by molar-refractivity contribution is -0.248. The average Bonchev–Trinajstić information content (AvgIpc) is 2.53. The Kier molecular flexibility index (Phi) is 8.91. The van der Waals surface area contributed by atoms with Crippen LogP contribution in [-0.2, 0) is 28.5 Å². The highest BCUT2D eigenvalue weighted by Gasteiger charge is 2.44. The zero-order chi connectivity index (χ0) is 19.0. The molecule has 0 radical (unpaired) electrons. The second-order valence-electron chi connectivity index (χ2n) is 5.48. The van der Waals surface area contributed by atoms with Crippen LogP contribution in [0.15, 0.2) is 0 Å². The lowest BCUT2D eigenvalue weighted by Crippen LogP contribution is -2.54. The van der Waals surface area contributed by atoms with Gasteiger partial charge in [0.25, 0.3) is 0 Å². The number of nitrogens with zero attached hydrogens (tertiary/aromatic N) is 1. The largest absolute Gasteiger partial charge is 0.458 e. The third-order valence-electron chi connectivity index (χ3n) is 3.38. The molecule has 0 aromatic carbocycles. The first-order valence-electron chi connectivity index (χ1n) is 7.89. The monoisotopic (exact) mass is 383 g/mol. The Labute approximate surface area is 150 Å². The molecule has 0 N–H and O–H groups in total. The molecule has 0 bridgehead atoms. The van der Waals surface area contributed by atoms with E-state index in [0.29, 0.717) is 13.0 Å². The Bertz CT molecular complexity index is 479. The smallest absolute Gasteiger partial charge is 0.413 e. The standard InChI is InChI=1S/C15H23ClFNO7/c1-4-5-18(8-16)15(21)25-13-6-11(22-9(2)19)14(23-10(3)20)12(7-17)24-13/h11-14H,4-8H2,1-3H3/t11-,12-,13+,14+/m1/s1. The van der Waals surface area contributed by atoms with E-state index in [4.69, 9.17) is 30.5 Å². The summed E-state index contributed by atoms with van der Waals surface area (Å²) in [5.74, 6) is -1.31. The van der Waals surface area contributed by atoms with Gasteiger partial charge in [0.1, 0.15) is 18.9 Å². The molecule has 1 aliphatic heterocycles. The lowest BCUT2D eigenvalue weighted by Gasteiger charge is -2.39. The topological polar surface area (TPSA) is 91.4 Å². The van der Waals surface area contributed by atoms with Crippen molar-refractivity contribution in [3.63, 3.8) is 0 Å². The van der Waals surface area contributed by atoms with Crippen LogP contribution in [0.2, 0.25) is 0 Å². The lowest BCUT2D eigenvalue weighted by atomic mass is 10.0. The molecule has 0 spiro atoms. The number of carbonyl (C=O) groups is 3. The second-order valence-corrected chi connectivity index (χ2v) is 5.72. The molecule has 1 aliphatic rings. The van der Waals surface area contributed by atoms with E-state index in [2.05, 4.69) is 0 Å². The number of amides is 1. The van der Waals surface area contributed by atoms with E-state index in [0.717, 1.165) is 6.92 Å². The van der Waals surface area contributed by atoms with Crippen LogP contribution in [0, 0.1) is 0 Å². The van der Waals surface area contributed by atoms with Gasteiger partial charge < -0.3 is 18.9 Å². The third-order valence-corrected chi connectivity index (χ3v) is 3.67. The van der Waals surface area contributed by atoms with Crippen molar-refractivity contribution in [2.75, 3.05) is 19.2 Å². The van der Waals surface area contributed by atoms with Crippen molar-refractivity contribution in [1.82, 2.24) is 4.90 Å². The van der Waals surface area contributed by atoms with Gasteiger partial charge in [-0.3, -0.25) is 14.5 Å². The minimum Gasteiger partial charge on any atom is -0.458 e. The van der Waals surface area contributed by atoms with Crippen LogP contribution in [0.3, 0.4) is 0 Å². The van der Waals surface area contributed by atoms with Gasteiger partial charge >= 0.3 is 18.0 Å². The fourth-order valence-electron chi connectivity index (χ4n) is 2.42. The van der Waals surface area contributed by atoms with Crippen LogP contribution in [0.25, 0.3) is 0 Å². The van der Waals surface area contributed by atoms with Crippen LogP contribution in [-0.4, -0.2) is 66.8 Å². The molecule has 4 atom stereocenters. The van der Waals surface area contributed by atoms with Crippen LogP contribution in [0.5, 0.6) is 0 Å². The number of ether oxygens (including phenoxy) is 4. The van der Waals surface area contributed by atoms with E-state index >= 15 is 0 Å². The molecule has 144 valence electrons. The van der Waals surface area contributed by atoms with Gasteiger partial charge in [0.05, 0.1) is 12.4 Å². The second kappa shape index (κ2) is 10.4. The predicted octanol–water partition coefficient (Wildman–Crippen LogP) is 1.98. The average molecular weight is 384 g/mol. The molecular formula is C15H23ClFNO7. The highest BCUT2D eigenvalue weighted by atomic mass is 35.5. The van der Waals surface area contributed by atoms with Crippen molar-refractivity contribution in [1.29, 1.82) is 0 Å². The number of alkyl halides is 2. The summed E-state index contributed by atoms with van der Waals surface area (Å²) in [4.78, 5) is 35.8. The summed E-state index contributed by atoms with van der Waals surface area (Å²) in [7, 11) is 0. The van der Waals surface area contributed by atoms with Gasteiger partial charge in [0, 0.05) is 20.4 Å². The van der Waals surface area contributed by atoms with Crippen LogP contribution < -0.4 is 0 Å². The molecule has 0 aliphatic carbocycles. The first kappa shape index (κ1) is 21.4. The van der Waals surface area contributed by atoms with Gasteiger partial charge in [-0.25, -0.2) is 9.18 Å².